The number of halogens is 3. The van der Waals surface area contributed by atoms with Crippen molar-refractivity contribution in [2.24, 2.45) is 7.05 Å². The summed E-state index contributed by atoms with van der Waals surface area (Å²) in [5.74, 6) is 0.587. The van der Waals surface area contributed by atoms with Gasteiger partial charge in [-0.25, -0.2) is 4.79 Å². The van der Waals surface area contributed by atoms with Gasteiger partial charge in [0.1, 0.15) is 5.75 Å². The zero-order valence-electron chi connectivity index (χ0n) is 23.0. The molecule has 0 saturated carbocycles. The molecule has 11 heteroatoms. The lowest BCUT2D eigenvalue weighted by Crippen LogP contribution is -2.54. The highest BCUT2D eigenvalue weighted by atomic mass is 19.4. The highest BCUT2D eigenvalue weighted by Crippen LogP contribution is 2.39. The fourth-order valence-corrected chi connectivity index (χ4v) is 5.79. The van der Waals surface area contributed by atoms with E-state index in [-0.39, 0.29) is 23.5 Å². The summed E-state index contributed by atoms with van der Waals surface area (Å²) in [5.41, 5.74) is 2.17. The largest absolute Gasteiger partial charge is 0.495 e. The summed E-state index contributed by atoms with van der Waals surface area (Å²) in [7, 11) is 3.15. The molecule has 212 valence electrons. The summed E-state index contributed by atoms with van der Waals surface area (Å²) >= 11 is 0. The lowest BCUT2D eigenvalue weighted by Gasteiger charge is -2.38. The Labute approximate surface area is 234 Å². The number of rotatable bonds is 4. The third-order valence-corrected chi connectivity index (χ3v) is 7.61. The second-order valence-electron chi connectivity index (χ2n) is 10.6. The van der Waals surface area contributed by atoms with Crippen molar-refractivity contribution < 1.29 is 17.9 Å². The lowest BCUT2D eigenvalue weighted by atomic mass is 10.0. The number of pyridine rings is 2. The molecule has 1 saturated heterocycles. The van der Waals surface area contributed by atoms with Crippen LogP contribution in [0.2, 0.25) is 0 Å². The van der Waals surface area contributed by atoms with Crippen molar-refractivity contribution in [2.75, 3.05) is 25.1 Å². The topological polar surface area (TPSA) is 77.2 Å². The number of piperazine rings is 1. The quantitative estimate of drug-likeness (QED) is 0.327. The number of alkyl halides is 3. The van der Waals surface area contributed by atoms with Crippen molar-refractivity contribution in [1.82, 2.24) is 24.4 Å². The van der Waals surface area contributed by atoms with Gasteiger partial charge in [-0.05, 0) is 55.8 Å². The first-order valence-corrected chi connectivity index (χ1v) is 13.3. The van der Waals surface area contributed by atoms with Crippen molar-refractivity contribution in [2.45, 2.75) is 32.1 Å². The fourth-order valence-electron chi connectivity index (χ4n) is 5.79. The average molecular weight is 563 g/mol. The van der Waals surface area contributed by atoms with Crippen LogP contribution in [0.3, 0.4) is 0 Å². The van der Waals surface area contributed by atoms with Gasteiger partial charge >= 0.3 is 11.9 Å². The normalized spacial score (nSPS) is 17.9. The van der Waals surface area contributed by atoms with Gasteiger partial charge in [0.2, 0.25) is 0 Å². The van der Waals surface area contributed by atoms with E-state index in [9.17, 15) is 18.0 Å². The maximum Gasteiger partial charge on any atom is 0.418 e. The van der Waals surface area contributed by atoms with Crippen molar-refractivity contribution in [3.63, 3.8) is 0 Å². The molecule has 1 aliphatic heterocycles. The van der Waals surface area contributed by atoms with Crippen LogP contribution in [0.25, 0.3) is 38.8 Å². The van der Waals surface area contributed by atoms with E-state index in [0.29, 0.717) is 40.8 Å². The van der Waals surface area contributed by atoms with E-state index in [1.165, 1.54) is 15.2 Å². The summed E-state index contributed by atoms with van der Waals surface area (Å²) < 4.78 is 51.6. The predicted molar refractivity (Wildman–Crippen MR) is 153 cm³/mol. The Morgan fingerprint density at radius 1 is 0.976 bits per heavy atom. The third kappa shape index (κ3) is 4.69. The number of benzene rings is 2. The minimum Gasteiger partial charge on any atom is -0.495 e. The Balaban J connectivity index is 1.58. The first-order valence-electron chi connectivity index (χ1n) is 13.3. The Kier molecular flexibility index (Phi) is 6.49. The molecule has 8 nitrogen and oxygen atoms in total. The minimum absolute atomic E-state index is 0.0352. The first-order chi connectivity index (χ1) is 19.5. The molecule has 0 spiro atoms. The molecule has 0 amide bonds. The number of fused-ring (bicyclic) bond motifs is 3. The number of nitrogens with zero attached hydrogens (tertiary/aromatic N) is 5. The van der Waals surface area contributed by atoms with Gasteiger partial charge in [-0.1, -0.05) is 6.07 Å². The highest BCUT2D eigenvalue weighted by molar-refractivity contribution is 6.04. The van der Waals surface area contributed by atoms with Gasteiger partial charge in [0.25, 0.3) is 0 Å². The van der Waals surface area contributed by atoms with Crippen LogP contribution in [0.15, 0.2) is 65.8 Å². The van der Waals surface area contributed by atoms with Crippen LogP contribution in [-0.2, 0) is 13.2 Å². The maximum atomic E-state index is 14.5. The number of methoxy groups -OCH3 is 1. The van der Waals surface area contributed by atoms with Crippen LogP contribution < -0.4 is 20.6 Å². The van der Waals surface area contributed by atoms with Crippen molar-refractivity contribution in [3.05, 3.63) is 77.1 Å². The van der Waals surface area contributed by atoms with Crippen molar-refractivity contribution in [3.8, 4) is 22.6 Å². The van der Waals surface area contributed by atoms with E-state index in [1.807, 2.05) is 38.1 Å². The van der Waals surface area contributed by atoms with Gasteiger partial charge < -0.3 is 15.0 Å². The molecule has 1 N–H and O–H groups in total. The van der Waals surface area contributed by atoms with E-state index in [2.05, 4.69) is 15.3 Å². The van der Waals surface area contributed by atoms with E-state index in [0.717, 1.165) is 17.2 Å². The van der Waals surface area contributed by atoms with Crippen LogP contribution in [0, 0.1) is 0 Å². The van der Waals surface area contributed by atoms with Crippen molar-refractivity contribution in [1.29, 1.82) is 0 Å². The van der Waals surface area contributed by atoms with E-state index in [1.54, 1.807) is 43.7 Å². The molecule has 2 unspecified atom stereocenters. The Morgan fingerprint density at radius 3 is 2.44 bits per heavy atom. The number of hydrogen-bond acceptors (Lipinski definition) is 6. The molecule has 1 fully saturated rings. The smallest absolute Gasteiger partial charge is 0.418 e. The highest BCUT2D eigenvalue weighted by Gasteiger charge is 2.37. The molecule has 3 aromatic heterocycles. The molecular formula is C30H29F3N6O2. The van der Waals surface area contributed by atoms with Gasteiger partial charge in [-0.3, -0.25) is 19.1 Å². The first kappa shape index (κ1) is 26.8. The lowest BCUT2D eigenvalue weighted by molar-refractivity contribution is -0.137. The maximum absolute atomic E-state index is 14.5. The number of anilines is 1. The van der Waals surface area contributed by atoms with Crippen molar-refractivity contribution >= 4 is 27.6 Å². The molecule has 0 radical (unpaired) electrons. The van der Waals surface area contributed by atoms with Crippen LogP contribution in [0.5, 0.6) is 5.75 Å². The van der Waals surface area contributed by atoms with Crippen LogP contribution in [-0.4, -0.2) is 51.4 Å². The zero-order chi connectivity index (χ0) is 29.1. The second kappa shape index (κ2) is 9.91. The molecule has 1 aliphatic rings. The Hall–Kier alpha value is -4.38. The minimum atomic E-state index is -4.62. The molecule has 2 aromatic carbocycles. The molecule has 0 aliphatic carbocycles. The van der Waals surface area contributed by atoms with Gasteiger partial charge in [-0.2, -0.15) is 13.2 Å². The SMILES string of the molecule is COc1cncc(-c2ccc3ncc4c(c3c2)n(-c2ccc(N3CC(C)NC(C)C3)c(C(F)(F)F)c2)c(=O)n4C)c1. The number of aromatic nitrogens is 4. The number of nitrogens with one attached hydrogen (secondary N) is 1. The third-order valence-electron chi connectivity index (χ3n) is 7.61. The molecule has 2 atom stereocenters. The molecule has 6 rings (SSSR count). The van der Waals surface area contributed by atoms with Gasteiger partial charge in [0, 0.05) is 55.1 Å². The van der Waals surface area contributed by atoms with E-state index >= 15 is 0 Å². The summed E-state index contributed by atoms with van der Waals surface area (Å²) in [4.78, 5) is 24.1. The van der Waals surface area contributed by atoms with Crippen LogP contribution >= 0.6 is 0 Å². The number of imidazole rings is 1. The molecular weight excluding hydrogens is 533 g/mol. The Morgan fingerprint density at radius 2 is 1.73 bits per heavy atom. The number of aryl methyl sites for hydroxylation is 1. The summed E-state index contributed by atoms with van der Waals surface area (Å²) in [6.45, 7) is 4.79. The van der Waals surface area contributed by atoms with Crippen LogP contribution in [0.1, 0.15) is 19.4 Å². The molecule has 5 aromatic rings. The van der Waals surface area contributed by atoms with E-state index in [4.69, 9.17) is 4.74 Å². The Bertz CT molecular complexity index is 1830. The number of ether oxygens (including phenoxy) is 1. The van der Waals surface area contributed by atoms with Gasteiger partial charge in [0.15, 0.2) is 0 Å². The van der Waals surface area contributed by atoms with Gasteiger partial charge in [-0.15, -0.1) is 0 Å². The molecule has 4 heterocycles. The summed E-state index contributed by atoms with van der Waals surface area (Å²) in [5, 5.41) is 3.98. The zero-order valence-corrected chi connectivity index (χ0v) is 23.0. The van der Waals surface area contributed by atoms with Crippen LogP contribution in [0.4, 0.5) is 18.9 Å². The molecule has 41 heavy (non-hydrogen) atoms. The summed E-state index contributed by atoms with van der Waals surface area (Å²) in [6, 6.07) is 11.6. The number of hydrogen-bond donors (Lipinski definition) is 1. The fraction of sp³-hybridized carbons (Fsp3) is 0.300. The average Bonchev–Trinajstić information content (AvgIpc) is 3.21. The second-order valence-corrected chi connectivity index (χ2v) is 10.6. The van der Waals surface area contributed by atoms with Gasteiger partial charge in [0.05, 0.1) is 47.3 Å². The monoisotopic (exact) mass is 562 g/mol. The predicted octanol–water partition coefficient (Wildman–Crippen LogP) is 5.15. The van der Waals surface area contributed by atoms with E-state index < -0.39 is 17.4 Å². The molecule has 0 bridgehead atoms. The standard InChI is InChI=1S/C30H29F3N6O2/c1-17-15-38(16-18(2)36-17)26-8-6-21(11-24(26)30(31,32)33)39-28-23-10-19(20-9-22(41-4)13-34-12-20)5-7-25(23)35-14-27(28)37(3)29(39)40/h5-14,17-18,36H,15-16H2,1-4H3. The summed E-state index contributed by atoms with van der Waals surface area (Å²) in [6.07, 6.45) is 0.252.